The van der Waals surface area contributed by atoms with Crippen molar-refractivity contribution in [3.63, 3.8) is 0 Å². The largest absolute Gasteiger partial charge is 0.352 e. The molecule has 1 aliphatic heterocycles. The first-order chi connectivity index (χ1) is 15.2. The maximum atomic E-state index is 13.4. The Morgan fingerprint density at radius 2 is 2.00 bits per heavy atom. The van der Waals surface area contributed by atoms with Crippen LogP contribution in [0.2, 0.25) is 0 Å². The van der Waals surface area contributed by atoms with Crippen molar-refractivity contribution < 1.29 is 9.59 Å². The average Bonchev–Trinajstić information content (AvgIpc) is 2.77. The molecule has 0 bridgehead atoms. The highest BCUT2D eigenvalue weighted by Gasteiger charge is 2.43. The van der Waals surface area contributed by atoms with Crippen molar-refractivity contribution >= 4 is 11.8 Å². The molecule has 0 aliphatic carbocycles. The SMILES string of the molecule is C=CCNC(=O)[C@]1(Cc2cccc(-c3cccnc3)c2)CCCN(C(=O)CC(C)(C)C)C1. The highest BCUT2D eigenvalue weighted by Crippen LogP contribution is 2.36. The number of hydrogen-bond donors (Lipinski definition) is 1. The molecule has 5 nitrogen and oxygen atoms in total. The lowest BCUT2D eigenvalue weighted by molar-refractivity contribution is -0.142. The van der Waals surface area contributed by atoms with Crippen molar-refractivity contribution in [2.75, 3.05) is 19.6 Å². The fraction of sp³-hybridized carbons (Fsp3) is 0.444. The molecule has 5 heteroatoms. The lowest BCUT2D eigenvalue weighted by atomic mass is 9.73. The van der Waals surface area contributed by atoms with Gasteiger partial charge in [0.15, 0.2) is 0 Å². The minimum atomic E-state index is -0.650. The molecule has 2 amide bonds. The molecule has 2 heterocycles. The van der Waals surface area contributed by atoms with Crippen LogP contribution in [0.4, 0.5) is 0 Å². The van der Waals surface area contributed by atoms with Crippen molar-refractivity contribution in [1.29, 1.82) is 0 Å². The van der Waals surface area contributed by atoms with Crippen LogP contribution in [0.5, 0.6) is 0 Å². The number of likely N-dealkylation sites (tertiary alicyclic amines) is 1. The zero-order valence-corrected chi connectivity index (χ0v) is 19.6. The molecule has 1 aromatic carbocycles. The number of piperidine rings is 1. The van der Waals surface area contributed by atoms with E-state index in [9.17, 15) is 9.59 Å². The van der Waals surface area contributed by atoms with E-state index in [1.54, 1.807) is 12.3 Å². The summed E-state index contributed by atoms with van der Waals surface area (Å²) >= 11 is 0. The van der Waals surface area contributed by atoms with E-state index < -0.39 is 5.41 Å². The molecular weight excluding hydrogens is 398 g/mol. The Bertz CT molecular complexity index is 949. The molecule has 1 N–H and O–H groups in total. The van der Waals surface area contributed by atoms with Crippen molar-refractivity contribution in [2.45, 2.75) is 46.5 Å². The summed E-state index contributed by atoms with van der Waals surface area (Å²) in [5.74, 6) is 0.125. The van der Waals surface area contributed by atoms with Crippen LogP contribution in [-0.4, -0.2) is 41.3 Å². The topological polar surface area (TPSA) is 62.3 Å². The average molecular weight is 434 g/mol. The first-order valence-corrected chi connectivity index (χ1v) is 11.4. The summed E-state index contributed by atoms with van der Waals surface area (Å²) in [6.45, 7) is 11.5. The second kappa shape index (κ2) is 10.1. The van der Waals surface area contributed by atoms with E-state index in [1.165, 1.54) is 0 Å². The monoisotopic (exact) mass is 433 g/mol. The van der Waals surface area contributed by atoms with Gasteiger partial charge in [0.05, 0.1) is 5.41 Å². The van der Waals surface area contributed by atoms with Crippen molar-refractivity contribution in [2.24, 2.45) is 10.8 Å². The molecule has 0 radical (unpaired) electrons. The number of nitrogens with one attached hydrogen (secondary N) is 1. The lowest BCUT2D eigenvalue weighted by Crippen LogP contribution is -2.54. The van der Waals surface area contributed by atoms with Crippen LogP contribution in [0, 0.1) is 10.8 Å². The summed E-state index contributed by atoms with van der Waals surface area (Å²) in [6, 6.07) is 12.2. The second-order valence-electron chi connectivity index (χ2n) is 10.1. The van der Waals surface area contributed by atoms with Gasteiger partial charge < -0.3 is 10.2 Å². The van der Waals surface area contributed by atoms with Gasteiger partial charge in [-0.15, -0.1) is 6.58 Å². The summed E-state index contributed by atoms with van der Waals surface area (Å²) in [5, 5.41) is 3.01. The minimum Gasteiger partial charge on any atom is -0.352 e. The predicted molar refractivity (Wildman–Crippen MR) is 129 cm³/mol. The fourth-order valence-electron chi connectivity index (χ4n) is 4.46. The van der Waals surface area contributed by atoms with E-state index in [1.807, 2.05) is 29.3 Å². The van der Waals surface area contributed by atoms with Gasteiger partial charge in [-0.05, 0) is 47.4 Å². The zero-order chi connectivity index (χ0) is 23.2. The van der Waals surface area contributed by atoms with E-state index in [0.717, 1.165) is 29.5 Å². The zero-order valence-electron chi connectivity index (χ0n) is 19.6. The summed E-state index contributed by atoms with van der Waals surface area (Å²) in [6.07, 6.45) is 7.94. The number of aromatic nitrogens is 1. The second-order valence-corrected chi connectivity index (χ2v) is 10.1. The third-order valence-corrected chi connectivity index (χ3v) is 5.96. The van der Waals surface area contributed by atoms with E-state index in [2.05, 4.69) is 55.9 Å². The van der Waals surface area contributed by atoms with Gasteiger partial charge in [0.2, 0.25) is 11.8 Å². The van der Waals surface area contributed by atoms with Gasteiger partial charge in [-0.25, -0.2) is 0 Å². The van der Waals surface area contributed by atoms with Crippen LogP contribution in [0.15, 0.2) is 61.4 Å². The first-order valence-electron chi connectivity index (χ1n) is 11.4. The number of pyridine rings is 1. The van der Waals surface area contributed by atoms with Gasteiger partial charge in [0.25, 0.3) is 0 Å². The number of carbonyl (C=O) groups excluding carboxylic acids is 2. The molecule has 1 fully saturated rings. The smallest absolute Gasteiger partial charge is 0.228 e. The predicted octanol–water partition coefficient (Wildman–Crippen LogP) is 4.64. The lowest BCUT2D eigenvalue weighted by Gasteiger charge is -2.42. The maximum Gasteiger partial charge on any atom is 0.228 e. The highest BCUT2D eigenvalue weighted by atomic mass is 16.2. The Labute approximate surface area is 191 Å². The molecule has 0 unspecified atom stereocenters. The summed E-state index contributed by atoms with van der Waals surface area (Å²) in [5.41, 5.74) is 2.48. The van der Waals surface area contributed by atoms with Crippen LogP contribution < -0.4 is 5.32 Å². The van der Waals surface area contributed by atoms with Crippen LogP contribution in [-0.2, 0) is 16.0 Å². The molecule has 170 valence electrons. The number of rotatable bonds is 7. The fourth-order valence-corrected chi connectivity index (χ4v) is 4.46. The van der Waals surface area contributed by atoms with Gasteiger partial charge in [0.1, 0.15) is 0 Å². The van der Waals surface area contributed by atoms with E-state index >= 15 is 0 Å². The van der Waals surface area contributed by atoms with E-state index in [4.69, 9.17) is 0 Å². The molecule has 1 aliphatic rings. The highest BCUT2D eigenvalue weighted by molar-refractivity contribution is 5.85. The molecule has 3 rings (SSSR count). The molecule has 32 heavy (non-hydrogen) atoms. The Balaban J connectivity index is 1.88. The molecule has 2 aromatic rings. The summed E-state index contributed by atoms with van der Waals surface area (Å²) in [7, 11) is 0. The normalized spacial score (nSPS) is 18.8. The third-order valence-electron chi connectivity index (χ3n) is 5.96. The Morgan fingerprint density at radius 3 is 2.69 bits per heavy atom. The van der Waals surface area contributed by atoms with Crippen LogP contribution >= 0.6 is 0 Å². The number of hydrogen-bond acceptors (Lipinski definition) is 3. The molecule has 0 saturated carbocycles. The number of amides is 2. The van der Waals surface area contributed by atoms with Crippen LogP contribution in [0.3, 0.4) is 0 Å². The first kappa shape index (κ1) is 23.7. The van der Waals surface area contributed by atoms with Crippen LogP contribution in [0.25, 0.3) is 11.1 Å². The van der Waals surface area contributed by atoms with Gasteiger partial charge in [-0.3, -0.25) is 14.6 Å². The summed E-state index contributed by atoms with van der Waals surface area (Å²) in [4.78, 5) is 32.5. The Hall–Kier alpha value is -2.95. The summed E-state index contributed by atoms with van der Waals surface area (Å²) < 4.78 is 0. The van der Waals surface area contributed by atoms with Crippen molar-refractivity contribution in [3.05, 3.63) is 67.0 Å². The molecule has 0 spiro atoms. The number of benzene rings is 1. The van der Waals surface area contributed by atoms with Gasteiger partial charge in [-0.1, -0.05) is 57.2 Å². The quantitative estimate of drug-likeness (QED) is 0.647. The van der Waals surface area contributed by atoms with Crippen molar-refractivity contribution in [1.82, 2.24) is 15.2 Å². The standard InChI is InChI=1S/C27H35N3O2/c1-5-13-29-25(32)27(12-8-15-30(20-27)24(31)18-26(2,3)4)17-21-9-6-10-22(16-21)23-11-7-14-28-19-23/h5-7,9-11,14,16,19H,1,8,12-13,15,17-18,20H2,2-4H3,(H,29,32)/t27-/m0/s1. The van der Waals surface area contributed by atoms with E-state index in [-0.39, 0.29) is 17.2 Å². The molecular formula is C27H35N3O2. The van der Waals surface area contributed by atoms with Crippen molar-refractivity contribution in [3.8, 4) is 11.1 Å². The van der Waals surface area contributed by atoms with Gasteiger partial charge >= 0.3 is 0 Å². The van der Waals surface area contributed by atoms with Crippen LogP contribution in [0.1, 0.15) is 45.6 Å². The minimum absolute atomic E-state index is 0.00237. The molecule has 1 saturated heterocycles. The third kappa shape index (κ3) is 6.06. The number of nitrogens with zero attached hydrogens (tertiary/aromatic N) is 2. The van der Waals surface area contributed by atoms with Gasteiger partial charge in [0, 0.05) is 38.4 Å². The molecule has 1 atom stereocenters. The Kier molecular flexibility index (Phi) is 7.49. The maximum absolute atomic E-state index is 13.4. The van der Waals surface area contributed by atoms with E-state index in [0.29, 0.717) is 32.5 Å². The Morgan fingerprint density at radius 1 is 1.22 bits per heavy atom. The molecule has 1 aromatic heterocycles. The number of carbonyl (C=O) groups is 2. The van der Waals surface area contributed by atoms with Gasteiger partial charge in [-0.2, -0.15) is 0 Å².